The number of hydrogen-bond acceptors (Lipinski definition) is 4. The Morgan fingerprint density at radius 2 is 2.19 bits per heavy atom. The van der Waals surface area contributed by atoms with E-state index in [-0.39, 0.29) is 23.6 Å². The van der Waals surface area contributed by atoms with Crippen molar-refractivity contribution in [3.8, 4) is 0 Å². The summed E-state index contributed by atoms with van der Waals surface area (Å²) in [6, 6.07) is 1.87. The summed E-state index contributed by atoms with van der Waals surface area (Å²) >= 11 is 1.66. The number of rotatable bonds is 5. The van der Waals surface area contributed by atoms with E-state index in [0.29, 0.717) is 5.75 Å². The van der Waals surface area contributed by atoms with E-state index >= 15 is 0 Å². The lowest BCUT2D eigenvalue weighted by Crippen LogP contribution is -2.63. The maximum absolute atomic E-state index is 12.4. The van der Waals surface area contributed by atoms with Crippen LogP contribution in [0.5, 0.6) is 0 Å². The number of aliphatic carboxylic acids is 1. The van der Waals surface area contributed by atoms with Crippen molar-refractivity contribution in [3.05, 3.63) is 34.8 Å². The number of aliphatic hydroxyl groups is 1. The van der Waals surface area contributed by atoms with Crippen LogP contribution in [0.2, 0.25) is 0 Å². The number of nitrogens with zero attached hydrogens (tertiary/aromatic N) is 2. The first-order valence-corrected chi connectivity index (χ1v) is 10.4. The first-order valence-electron chi connectivity index (χ1n) is 9.43. The van der Waals surface area contributed by atoms with E-state index in [1.54, 1.807) is 18.7 Å². The molecule has 2 aliphatic heterocycles. The summed E-state index contributed by atoms with van der Waals surface area (Å²) in [6.07, 6.45) is 4.60. The topological polar surface area (TPSA) is 81.7 Å². The molecule has 3 aliphatic rings. The van der Waals surface area contributed by atoms with E-state index in [1.807, 2.05) is 6.92 Å². The minimum atomic E-state index is -1.05. The molecule has 1 amide bonds. The maximum Gasteiger partial charge on any atom is 0.352 e. The molecule has 0 spiro atoms. The van der Waals surface area contributed by atoms with Crippen molar-refractivity contribution in [2.24, 2.45) is 18.9 Å². The number of carboxylic acid groups (broad SMARTS) is 1. The van der Waals surface area contributed by atoms with Gasteiger partial charge in [0.1, 0.15) is 12.7 Å². The molecule has 0 radical (unpaired) electrons. The fourth-order valence-corrected chi connectivity index (χ4v) is 6.14. The Kier molecular flexibility index (Phi) is 4.55. The zero-order valence-electron chi connectivity index (χ0n) is 15.8. The van der Waals surface area contributed by atoms with Crippen molar-refractivity contribution in [1.82, 2.24) is 4.90 Å². The molecule has 1 aromatic heterocycles. The zero-order valence-corrected chi connectivity index (χ0v) is 16.6. The van der Waals surface area contributed by atoms with Gasteiger partial charge in [0.05, 0.1) is 18.1 Å². The molecule has 1 saturated heterocycles. The molecule has 0 saturated carbocycles. The van der Waals surface area contributed by atoms with Crippen molar-refractivity contribution in [2.45, 2.75) is 50.2 Å². The number of carbonyl (C=O) groups is 2. The second kappa shape index (κ2) is 6.63. The van der Waals surface area contributed by atoms with E-state index in [2.05, 4.69) is 23.9 Å². The number of thioether (sulfide) groups is 1. The lowest BCUT2D eigenvalue weighted by atomic mass is 9.78. The van der Waals surface area contributed by atoms with E-state index in [1.165, 1.54) is 21.1 Å². The first kappa shape index (κ1) is 18.5. The van der Waals surface area contributed by atoms with Crippen LogP contribution in [0.15, 0.2) is 28.4 Å². The third-order valence-corrected chi connectivity index (χ3v) is 7.41. The minimum absolute atomic E-state index is 0.0613. The molecule has 4 rings (SSSR count). The highest BCUT2D eigenvalue weighted by atomic mass is 32.2. The summed E-state index contributed by atoms with van der Waals surface area (Å²) in [5, 5.41) is 19.7. The largest absolute Gasteiger partial charge is 0.477 e. The molecule has 0 aromatic carbocycles. The number of pyridine rings is 1. The third kappa shape index (κ3) is 2.70. The number of aryl methyl sites for hydroxylation is 1. The van der Waals surface area contributed by atoms with Crippen LogP contribution in [0.3, 0.4) is 0 Å². The summed E-state index contributed by atoms with van der Waals surface area (Å²) in [7, 11) is 2.06. The lowest BCUT2D eigenvalue weighted by molar-refractivity contribution is -0.679. The van der Waals surface area contributed by atoms with Gasteiger partial charge in [0.2, 0.25) is 5.91 Å². The van der Waals surface area contributed by atoms with Crippen LogP contribution in [-0.4, -0.2) is 44.9 Å². The fraction of sp³-hybridized carbons (Fsp3) is 0.550. The van der Waals surface area contributed by atoms with Gasteiger partial charge in [-0.2, -0.15) is 0 Å². The second-order valence-electron chi connectivity index (χ2n) is 7.79. The zero-order chi connectivity index (χ0) is 19.5. The van der Waals surface area contributed by atoms with Crippen LogP contribution in [0.25, 0.3) is 0 Å². The molecule has 1 aliphatic carbocycles. The summed E-state index contributed by atoms with van der Waals surface area (Å²) in [4.78, 5) is 26.9. The van der Waals surface area contributed by atoms with Gasteiger partial charge in [-0.15, -0.1) is 11.8 Å². The molecule has 4 atom stereocenters. The highest BCUT2D eigenvalue weighted by molar-refractivity contribution is 7.99. The van der Waals surface area contributed by atoms with Crippen LogP contribution >= 0.6 is 11.8 Å². The number of aromatic nitrogens is 1. The summed E-state index contributed by atoms with van der Waals surface area (Å²) < 4.78 is 2.17. The van der Waals surface area contributed by atoms with Gasteiger partial charge in [-0.05, 0) is 25.3 Å². The molecule has 1 aromatic rings. The number of carboxylic acids is 1. The normalized spacial score (nSPS) is 27.5. The monoisotopic (exact) mass is 389 g/mol. The summed E-state index contributed by atoms with van der Waals surface area (Å²) in [5.41, 5.74) is 3.66. The number of hydrogen-bond donors (Lipinski definition) is 2. The van der Waals surface area contributed by atoms with Gasteiger partial charge in [-0.1, -0.05) is 6.92 Å². The number of β-lactam (4-membered cyclic amide) rings is 1. The SMILES string of the molecule is C[C@@H](O)[C@H]1C(=O)N2C(C(=O)O)=C(CSc3cc[n+](C)c4c3CCC4)[C@H](C)[C@H]12. The average molecular weight is 389 g/mol. The molecule has 27 heavy (non-hydrogen) atoms. The lowest BCUT2D eigenvalue weighted by Gasteiger charge is -2.46. The number of aliphatic hydroxyl groups excluding tert-OH is 1. The molecule has 6 nitrogen and oxygen atoms in total. The predicted octanol–water partition coefficient (Wildman–Crippen LogP) is 1.29. The molecule has 0 bridgehead atoms. The van der Waals surface area contributed by atoms with Gasteiger partial charge < -0.3 is 15.1 Å². The summed E-state index contributed by atoms with van der Waals surface area (Å²) in [6.45, 7) is 3.58. The van der Waals surface area contributed by atoms with E-state index in [4.69, 9.17) is 0 Å². The van der Waals surface area contributed by atoms with Gasteiger partial charge in [-0.25, -0.2) is 9.36 Å². The second-order valence-corrected chi connectivity index (χ2v) is 8.81. The Balaban J connectivity index is 1.61. The first-order chi connectivity index (χ1) is 12.8. The highest BCUT2D eigenvalue weighted by Gasteiger charge is 2.59. The molecule has 7 heteroatoms. The molecule has 0 unspecified atom stereocenters. The Morgan fingerprint density at radius 1 is 1.44 bits per heavy atom. The quantitative estimate of drug-likeness (QED) is 0.451. The van der Waals surface area contributed by atoms with E-state index in [9.17, 15) is 19.8 Å². The molecule has 144 valence electrons. The minimum Gasteiger partial charge on any atom is -0.477 e. The van der Waals surface area contributed by atoms with Crippen LogP contribution < -0.4 is 4.57 Å². The Bertz CT molecular complexity index is 864. The molecular weight excluding hydrogens is 364 g/mol. The Morgan fingerprint density at radius 3 is 2.85 bits per heavy atom. The van der Waals surface area contributed by atoms with Crippen LogP contribution in [0, 0.1) is 11.8 Å². The molecule has 3 heterocycles. The summed E-state index contributed by atoms with van der Waals surface area (Å²) in [5.74, 6) is -1.34. The van der Waals surface area contributed by atoms with Gasteiger partial charge >= 0.3 is 5.97 Å². The van der Waals surface area contributed by atoms with Gasteiger partial charge in [0.15, 0.2) is 11.9 Å². The van der Waals surface area contributed by atoms with Gasteiger partial charge in [-0.3, -0.25) is 4.79 Å². The Hall–Kier alpha value is -1.86. The van der Waals surface area contributed by atoms with E-state index in [0.717, 1.165) is 24.8 Å². The van der Waals surface area contributed by atoms with Crippen molar-refractivity contribution in [3.63, 3.8) is 0 Å². The predicted molar refractivity (Wildman–Crippen MR) is 100.0 cm³/mol. The third-order valence-electron chi connectivity index (χ3n) is 6.26. The molecular formula is C20H25N2O4S+. The Labute approximate surface area is 162 Å². The van der Waals surface area contributed by atoms with Crippen molar-refractivity contribution >= 4 is 23.6 Å². The molecule has 2 N–H and O–H groups in total. The standard InChI is InChI=1S/C20H24N2O4S/c1-10-13(9-27-15-7-8-21(3)14-6-4-5-12(14)15)18(20(25)26)22-17(10)16(11(2)23)19(22)24/h7-8,10-11,16-17,23H,4-6,9H2,1-3H3/p+1/t10-,11+,16+,17+/m0/s1. The maximum atomic E-state index is 12.4. The van der Waals surface area contributed by atoms with Gasteiger partial charge in [0, 0.05) is 34.6 Å². The van der Waals surface area contributed by atoms with Crippen LogP contribution in [-0.2, 0) is 29.5 Å². The van der Waals surface area contributed by atoms with Crippen molar-refractivity contribution in [1.29, 1.82) is 0 Å². The van der Waals surface area contributed by atoms with Crippen LogP contribution in [0.1, 0.15) is 31.5 Å². The van der Waals surface area contributed by atoms with Crippen molar-refractivity contribution in [2.75, 3.05) is 5.75 Å². The molecule has 1 fully saturated rings. The highest BCUT2D eigenvalue weighted by Crippen LogP contribution is 2.48. The van der Waals surface area contributed by atoms with Crippen LogP contribution in [0.4, 0.5) is 0 Å². The fourth-order valence-electron chi connectivity index (χ4n) is 4.88. The average Bonchev–Trinajstić information content (AvgIpc) is 3.17. The van der Waals surface area contributed by atoms with E-state index < -0.39 is 18.0 Å². The smallest absolute Gasteiger partial charge is 0.352 e. The number of carbonyl (C=O) groups excluding carboxylic acids is 1. The number of amides is 1. The van der Waals surface area contributed by atoms with Gasteiger partial charge in [0.25, 0.3) is 0 Å². The van der Waals surface area contributed by atoms with Crippen molar-refractivity contribution < 1.29 is 24.4 Å². The number of fused-ring (bicyclic) bond motifs is 2.